The fourth-order valence-electron chi connectivity index (χ4n) is 2.45. The van der Waals surface area contributed by atoms with Crippen LogP contribution >= 0.6 is 11.3 Å². The molecule has 0 aliphatic heterocycles. The van der Waals surface area contributed by atoms with Gasteiger partial charge >= 0.3 is 0 Å². The first-order chi connectivity index (χ1) is 12.4. The van der Waals surface area contributed by atoms with Gasteiger partial charge in [0.25, 0.3) is 10.0 Å². The van der Waals surface area contributed by atoms with Gasteiger partial charge in [0.15, 0.2) is 11.5 Å². The molecule has 2 aromatic carbocycles. The number of fused-ring (bicyclic) bond motifs is 1. The van der Waals surface area contributed by atoms with Crippen molar-refractivity contribution in [2.24, 2.45) is 11.4 Å². The van der Waals surface area contributed by atoms with Crippen molar-refractivity contribution in [1.29, 1.82) is 0 Å². The molecule has 0 N–H and O–H groups in total. The van der Waals surface area contributed by atoms with E-state index >= 15 is 0 Å². The van der Waals surface area contributed by atoms with E-state index in [1.807, 2.05) is 0 Å². The number of thiazole rings is 1. The predicted molar refractivity (Wildman–Crippen MR) is 99.6 cm³/mol. The number of sulfonamides is 1. The number of aromatic nitrogens is 1. The van der Waals surface area contributed by atoms with Gasteiger partial charge in [-0.1, -0.05) is 11.3 Å². The third kappa shape index (κ3) is 3.27. The highest BCUT2D eigenvalue weighted by Gasteiger charge is 2.15. The molecule has 0 saturated heterocycles. The summed E-state index contributed by atoms with van der Waals surface area (Å²) in [6.07, 6.45) is 0. The van der Waals surface area contributed by atoms with Gasteiger partial charge in [-0.15, -0.1) is 4.40 Å². The number of aryl methyl sites for hydroxylation is 1. The van der Waals surface area contributed by atoms with Crippen molar-refractivity contribution in [2.45, 2.75) is 4.90 Å². The molecule has 3 aromatic rings. The van der Waals surface area contributed by atoms with E-state index in [0.29, 0.717) is 22.0 Å². The summed E-state index contributed by atoms with van der Waals surface area (Å²) >= 11 is 1.26. The Morgan fingerprint density at radius 1 is 0.962 bits per heavy atom. The SMILES string of the molecule is COc1ccc(S(=O)(=O)N=c2sc3cc(OC)c(OC)cc3n2C)cc1. The van der Waals surface area contributed by atoms with E-state index in [1.165, 1.54) is 30.6 Å². The summed E-state index contributed by atoms with van der Waals surface area (Å²) in [6, 6.07) is 9.71. The first kappa shape index (κ1) is 18.3. The van der Waals surface area contributed by atoms with Crippen LogP contribution in [0.25, 0.3) is 10.2 Å². The summed E-state index contributed by atoms with van der Waals surface area (Å²) in [7, 11) is 2.54. The number of hydrogen-bond donors (Lipinski definition) is 0. The second-order valence-corrected chi connectivity index (χ2v) is 7.97. The van der Waals surface area contributed by atoms with Crippen LogP contribution in [0.3, 0.4) is 0 Å². The molecule has 0 atom stereocenters. The topological polar surface area (TPSA) is 79.1 Å². The van der Waals surface area contributed by atoms with Gasteiger partial charge in [-0.2, -0.15) is 8.42 Å². The third-order valence-electron chi connectivity index (χ3n) is 3.87. The van der Waals surface area contributed by atoms with Crippen LogP contribution in [0.4, 0.5) is 0 Å². The second-order valence-electron chi connectivity index (χ2n) is 5.36. The average Bonchev–Trinajstić information content (AvgIpc) is 2.94. The summed E-state index contributed by atoms with van der Waals surface area (Å²) < 4.78 is 47.4. The Kier molecular flexibility index (Phi) is 4.92. The minimum absolute atomic E-state index is 0.103. The van der Waals surface area contributed by atoms with Gasteiger partial charge in [0.1, 0.15) is 5.75 Å². The molecule has 7 nitrogen and oxygen atoms in total. The lowest BCUT2D eigenvalue weighted by molar-refractivity contribution is 0.356. The van der Waals surface area contributed by atoms with Crippen LogP contribution in [0.5, 0.6) is 17.2 Å². The molecule has 0 radical (unpaired) electrons. The molecule has 0 unspecified atom stereocenters. The molecule has 26 heavy (non-hydrogen) atoms. The molecule has 0 aliphatic rings. The quantitative estimate of drug-likeness (QED) is 0.665. The van der Waals surface area contributed by atoms with Gasteiger partial charge in [0.2, 0.25) is 4.80 Å². The highest BCUT2D eigenvalue weighted by Crippen LogP contribution is 2.33. The van der Waals surface area contributed by atoms with Crippen LogP contribution in [0.1, 0.15) is 0 Å². The van der Waals surface area contributed by atoms with Crippen LogP contribution in [0.2, 0.25) is 0 Å². The molecule has 1 heterocycles. The Labute approximate surface area is 155 Å². The van der Waals surface area contributed by atoms with E-state index in [-0.39, 0.29) is 4.90 Å². The van der Waals surface area contributed by atoms with Crippen molar-refractivity contribution in [2.75, 3.05) is 21.3 Å². The number of nitrogens with zero attached hydrogens (tertiary/aromatic N) is 2. The Balaban J connectivity index is 2.15. The Morgan fingerprint density at radius 2 is 1.58 bits per heavy atom. The molecule has 0 aliphatic carbocycles. The van der Waals surface area contributed by atoms with E-state index in [9.17, 15) is 8.42 Å². The first-order valence-electron chi connectivity index (χ1n) is 7.56. The lowest BCUT2D eigenvalue weighted by atomic mass is 10.3. The summed E-state index contributed by atoms with van der Waals surface area (Å²) in [6.45, 7) is 0. The van der Waals surface area contributed by atoms with Gasteiger partial charge in [0.05, 0.1) is 36.4 Å². The van der Waals surface area contributed by atoms with Crippen molar-refractivity contribution in [3.8, 4) is 17.2 Å². The molecule has 3 rings (SSSR count). The fourth-order valence-corrected chi connectivity index (χ4v) is 4.70. The highest BCUT2D eigenvalue weighted by atomic mass is 32.2. The Morgan fingerprint density at radius 3 is 2.15 bits per heavy atom. The van der Waals surface area contributed by atoms with Gasteiger partial charge in [-0.05, 0) is 24.3 Å². The maximum atomic E-state index is 12.6. The van der Waals surface area contributed by atoms with Crippen molar-refractivity contribution < 1.29 is 22.6 Å². The van der Waals surface area contributed by atoms with Crippen molar-refractivity contribution >= 4 is 31.6 Å². The molecule has 0 bridgehead atoms. The van der Waals surface area contributed by atoms with Crippen LogP contribution in [0, 0.1) is 0 Å². The smallest absolute Gasteiger partial charge is 0.285 e. The largest absolute Gasteiger partial charge is 0.497 e. The zero-order valence-electron chi connectivity index (χ0n) is 14.7. The van der Waals surface area contributed by atoms with Gasteiger partial charge < -0.3 is 18.8 Å². The number of ether oxygens (including phenoxy) is 3. The number of methoxy groups -OCH3 is 3. The predicted octanol–water partition coefficient (Wildman–Crippen LogP) is 2.56. The fraction of sp³-hybridized carbons (Fsp3) is 0.235. The monoisotopic (exact) mass is 394 g/mol. The first-order valence-corrected chi connectivity index (χ1v) is 9.82. The lowest BCUT2D eigenvalue weighted by Gasteiger charge is -2.07. The van der Waals surface area contributed by atoms with E-state index < -0.39 is 10.0 Å². The zero-order valence-corrected chi connectivity index (χ0v) is 16.3. The van der Waals surface area contributed by atoms with Gasteiger partial charge in [0, 0.05) is 19.2 Å². The standard InChI is InChI=1S/C17H18N2O5S2/c1-19-13-9-14(23-3)15(24-4)10-16(13)25-17(19)18-26(20,21)12-7-5-11(22-2)6-8-12/h5-10H,1-4H3. The Bertz CT molecular complexity index is 1110. The molecule has 0 amide bonds. The summed E-state index contributed by atoms with van der Waals surface area (Å²) in [5.74, 6) is 1.72. The summed E-state index contributed by atoms with van der Waals surface area (Å²) in [4.78, 5) is 0.456. The van der Waals surface area contributed by atoms with Crippen LogP contribution in [-0.4, -0.2) is 34.3 Å². The molecule has 0 saturated carbocycles. The number of hydrogen-bond acceptors (Lipinski definition) is 6. The minimum atomic E-state index is -3.84. The van der Waals surface area contributed by atoms with Crippen molar-refractivity contribution in [1.82, 2.24) is 4.57 Å². The molecule has 0 fully saturated rings. The number of benzene rings is 2. The zero-order chi connectivity index (χ0) is 18.9. The molecule has 0 spiro atoms. The second kappa shape index (κ2) is 7.00. The van der Waals surface area contributed by atoms with Crippen molar-refractivity contribution in [3.63, 3.8) is 0 Å². The van der Waals surface area contributed by atoms with Gasteiger partial charge in [-0.3, -0.25) is 0 Å². The molecular formula is C17H18N2O5S2. The van der Waals surface area contributed by atoms with Crippen LogP contribution < -0.4 is 19.0 Å². The highest BCUT2D eigenvalue weighted by molar-refractivity contribution is 7.90. The summed E-state index contributed by atoms with van der Waals surface area (Å²) in [5, 5.41) is 0. The van der Waals surface area contributed by atoms with Gasteiger partial charge in [-0.25, -0.2) is 0 Å². The molecule has 138 valence electrons. The maximum Gasteiger partial charge on any atom is 0.285 e. The van der Waals surface area contributed by atoms with E-state index in [2.05, 4.69) is 4.40 Å². The maximum absolute atomic E-state index is 12.6. The minimum Gasteiger partial charge on any atom is -0.497 e. The molecule has 9 heteroatoms. The van der Waals surface area contributed by atoms with Crippen molar-refractivity contribution in [3.05, 3.63) is 41.2 Å². The number of rotatable bonds is 5. The van der Waals surface area contributed by atoms with Crippen LogP contribution in [0.15, 0.2) is 45.7 Å². The lowest BCUT2D eigenvalue weighted by Crippen LogP contribution is -2.13. The third-order valence-corrected chi connectivity index (χ3v) is 6.36. The average molecular weight is 394 g/mol. The van der Waals surface area contributed by atoms with Crippen LogP contribution in [-0.2, 0) is 17.1 Å². The van der Waals surface area contributed by atoms with E-state index in [4.69, 9.17) is 14.2 Å². The molecular weight excluding hydrogens is 376 g/mol. The molecule has 1 aromatic heterocycles. The van der Waals surface area contributed by atoms with E-state index in [0.717, 1.165) is 10.2 Å². The summed E-state index contributed by atoms with van der Waals surface area (Å²) in [5.41, 5.74) is 0.802. The normalized spacial score (nSPS) is 12.4. The van der Waals surface area contributed by atoms with E-state index in [1.54, 1.807) is 50.1 Å². The Hall–Kier alpha value is -2.52.